The fourth-order valence-electron chi connectivity index (χ4n) is 4.30. The molecule has 0 amide bonds. The van der Waals surface area contributed by atoms with Gasteiger partial charge in [0.2, 0.25) is 10.0 Å². The van der Waals surface area contributed by atoms with Crippen LogP contribution in [0.1, 0.15) is 30.4 Å². The van der Waals surface area contributed by atoms with Gasteiger partial charge in [0.05, 0.1) is 22.0 Å². The van der Waals surface area contributed by atoms with Gasteiger partial charge in [-0.2, -0.15) is 8.78 Å². The van der Waals surface area contributed by atoms with Gasteiger partial charge in [0.25, 0.3) is 5.92 Å². The number of hydrazine groups is 1. The van der Waals surface area contributed by atoms with Gasteiger partial charge >= 0.3 is 6.36 Å². The van der Waals surface area contributed by atoms with E-state index in [0.29, 0.717) is 22.4 Å². The fraction of sp³-hybridized carbons (Fsp3) is 0.179. The van der Waals surface area contributed by atoms with E-state index in [1.807, 2.05) is 0 Å². The summed E-state index contributed by atoms with van der Waals surface area (Å²) in [6.45, 7) is 2.86. The zero-order chi connectivity index (χ0) is 31.7. The molecule has 0 spiro atoms. The van der Waals surface area contributed by atoms with Crippen molar-refractivity contribution in [1.29, 1.82) is 0 Å². The third-order valence-corrected chi connectivity index (χ3v) is 7.40. The van der Waals surface area contributed by atoms with Crippen molar-refractivity contribution >= 4 is 21.4 Å². The number of anilines is 1. The van der Waals surface area contributed by atoms with Crippen LogP contribution in [0, 0.1) is 6.92 Å². The summed E-state index contributed by atoms with van der Waals surface area (Å²) in [7, 11) is -4.02. The van der Waals surface area contributed by atoms with E-state index >= 15 is 0 Å². The first-order chi connectivity index (χ1) is 20.0. The number of aromatic nitrogens is 2. The molecule has 0 aliphatic rings. The Morgan fingerprint density at radius 1 is 1.02 bits per heavy atom. The van der Waals surface area contributed by atoms with Crippen molar-refractivity contribution in [2.45, 2.75) is 37.4 Å². The maximum Gasteiger partial charge on any atom is 0.573 e. The van der Waals surface area contributed by atoms with Gasteiger partial charge in [-0.15, -0.1) is 13.2 Å². The largest absolute Gasteiger partial charge is 0.573 e. The molecule has 0 aliphatic carbocycles. The summed E-state index contributed by atoms with van der Waals surface area (Å²) < 4.78 is 96.2. The highest BCUT2D eigenvalue weighted by Gasteiger charge is 2.33. The van der Waals surface area contributed by atoms with E-state index in [-0.39, 0.29) is 22.1 Å². The molecule has 4 rings (SSSR count). The minimum atomic E-state index is -4.89. The van der Waals surface area contributed by atoms with Crippen LogP contribution in [-0.2, 0) is 15.9 Å². The quantitative estimate of drug-likeness (QED) is 0.127. The van der Waals surface area contributed by atoms with E-state index in [1.54, 1.807) is 24.3 Å². The van der Waals surface area contributed by atoms with Gasteiger partial charge in [-0.05, 0) is 66.6 Å². The molecule has 15 heteroatoms. The van der Waals surface area contributed by atoms with Crippen molar-refractivity contribution in [3.63, 3.8) is 0 Å². The summed E-state index contributed by atoms with van der Waals surface area (Å²) in [6, 6.07) is 15.4. The summed E-state index contributed by atoms with van der Waals surface area (Å²) >= 11 is 0. The number of sulfonamides is 1. The second-order valence-corrected chi connectivity index (χ2v) is 10.9. The third kappa shape index (κ3) is 6.96. The molecule has 9 nitrogen and oxygen atoms in total. The second-order valence-electron chi connectivity index (χ2n) is 9.37. The molecular weight excluding hydrogens is 595 g/mol. The average molecular weight is 623 g/mol. The van der Waals surface area contributed by atoms with E-state index in [4.69, 9.17) is 16.7 Å². The first-order valence-electron chi connectivity index (χ1n) is 12.6. The summed E-state index contributed by atoms with van der Waals surface area (Å²) in [4.78, 5) is 3.90. The topological polar surface area (TPSA) is 142 Å². The van der Waals surface area contributed by atoms with Gasteiger partial charge in [0.1, 0.15) is 17.3 Å². The Bertz CT molecular complexity index is 1770. The van der Waals surface area contributed by atoms with Crippen molar-refractivity contribution < 1.29 is 35.1 Å². The molecule has 4 aromatic rings. The third-order valence-electron chi connectivity index (χ3n) is 6.49. The number of nitrogens with two attached hydrogens (primary N) is 3. The molecule has 43 heavy (non-hydrogen) atoms. The number of alkyl halides is 5. The lowest BCUT2D eigenvalue weighted by molar-refractivity contribution is -0.274. The molecule has 228 valence electrons. The summed E-state index contributed by atoms with van der Waals surface area (Å²) in [5, 5.41) is 6.42. The van der Waals surface area contributed by atoms with Crippen LogP contribution < -0.4 is 26.5 Å². The molecule has 0 saturated heterocycles. The van der Waals surface area contributed by atoms with Crippen LogP contribution in [0.2, 0.25) is 0 Å². The predicted octanol–water partition coefficient (Wildman–Crippen LogP) is 5.53. The molecule has 0 aliphatic heterocycles. The predicted molar refractivity (Wildman–Crippen MR) is 151 cm³/mol. The molecule has 0 bridgehead atoms. The second kappa shape index (κ2) is 11.7. The lowest BCUT2D eigenvalue weighted by Crippen LogP contribution is -2.31. The number of imidazole rings is 1. The summed E-state index contributed by atoms with van der Waals surface area (Å²) in [6.07, 6.45) is -3.07. The van der Waals surface area contributed by atoms with Crippen LogP contribution in [0.4, 0.5) is 27.6 Å². The Kier molecular flexibility index (Phi) is 8.53. The van der Waals surface area contributed by atoms with Crippen LogP contribution in [0.25, 0.3) is 22.5 Å². The minimum absolute atomic E-state index is 0.132. The molecule has 0 saturated carbocycles. The van der Waals surface area contributed by atoms with Crippen molar-refractivity contribution in [3.05, 3.63) is 96.2 Å². The zero-order valence-electron chi connectivity index (χ0n) is 22.8. The van der Waals surface area contributed by atoms with Gasteiger partial charge in [-0.3, -0.25) is 5.01 Å². The van der Waals surface area contributed by atoms with Crippen LogP contribution in [0.3, 0.4) is 0 Å². The summed E-state index contributed by atoms with van der Waals surface area (Å²) in [5.74, 6) is 3.10. The van der Waals surface area contributed by atoms with E-state index in [1.165, 1.54) is 54.9 Å². The fourth-order valence-corrected chi connectivity index (χ4v) is 4.86. The molecule has 3 aromatic carbocycles. The Morgan fingerprint density at radius 3 is 2.26 bits per heavy atom. The number of hydrogen-bond acceptors (Lipinski definition) is 7. The van der Waals surface area contributed by atoms with Crippen molar-refractivity contribution in [3.8, 4) is 22.6 Å². The first kappa shape index (κ1) is 31.5. The highest BCUT2D eigenvalue weighted by Crippen LogP contribution is 2.37. The first-order valence-corrected chi connectivity index (χ1v) is 14.1. The summed E-state index contributed by atoms with van der Waals surface area (Å²) in [5.41, 5.74) is 7.30. The Balaban J connectivity index is 1.87. The number of aryl methyl sites for hydroxylation is 1. The highest BCUT2D eigenvalue weighted by atomic mass is 32.2. The van der Waals surface area contributed by atoms with E-state index in [0.717, 1.165) is 23.3 Å². The molecule has 0 unspecified atom stereocenters. The van der Waals surface area contributed by atoms with Crippen molar-refractivity contribution in [2.75, 3.05) is 5.01 Å². The maximum absolute atomic E-state index is 14.5. The molecule has 1 aromatic heterocycles. The van der Waals surface area contributed by atoms with Gasteiger partial charge in [-0.1, -0.05) is 25.1 Å². The van der Waals surface area contributed by atoms with E-state index in [9.17, 15) is 30.4 Å². The Morgan fingerprint density at radius 2 is 1.67 bits per heavy atom. The highest BCUT2D eigenvalue weighted by molar-refractivity contribution is 7.89. The normalized spacial score (nSPS) is 12.8. The molecular formula is C28H27F5N6O3S. The van der Waals surface area contributed by atoms with Crippen LogP contribution in [-0.4, -0.2) is 24.3 Å². The number of primary sulfonamides is 1. The molecule has 0 radical (unpaired) electrons. The number of benzene rings is 3. The lowest BCUT2D eigenvalue weighted by atomic mass is 10.0. The van der Waals surface area contributed by atoms with Crippen LogP contribution in [0.5, 0.6) is 5.75 Å². The number of ether oxygens (including phenoxy) is 1. The minimum Gasteiger partial charge on any atom is -0.406 e. The Hall–Kier alpha value is -4.47. The Labute approximate surface area is 244 Å². The number of halogens is 5. The monoisotopic (exact) mass is 622 g/mol. The van der Waals surface area contributed by atoms with Gasteiger partial charge in [-0.25, -0.2) is 24.4 Å². The molecule has 1 heterocycles. The van der Waals surface area contributed by atoms with Gasteiger partial charge in [0.15, 0.2) is 0 Å². The SMILES string of the molecule is CCC(F)(F)c1cn(-c2ccc(-c3cccc(S(N)(=O)=O)c3)cc2N(N)/C(=C\N)c2ccc(OC(F)(F)F)cc2)c(C)n1. The molecule has 0 fully saturated rings. The number of nitrogens with zero attached hydrogens (tertiary/aromatic N) is 3. The van der Waals surface area contributed by atoms with Crippen molar-refractivity contribution in [2.24, 2.45) is 16.7 Å². The van der Waals surface area contributed by atoms with Gasteiger partial charge < -0.3 is 15.0 Å². The van der Waals surface area contributed by atoms with Gasteiger partial charge in [0, 0.05) is 24.4 Å². The van der Waals surface area contributed by atoms with Crippen LogP contribution in [0.15, 0.2) is 84.0 Å². The van der Waals surface area contributed by atoms with Crippen molar-refractivity contribution in [1.82, 2.24) is 9.55 Å². The molecule has 6 N–H and O–H groups in total. The standard InChI is InChI=1S/C28H27F5N6O3S/c1-3-27(29,30)26-16-38(17(2)37-26)23-12-9-20(19-5-4-6-22(13-19)43(36,40)41)14-24(23)39(35)25(15-34)18-7-10-21(11-8-18)42-28(31,32)33/h4-16H,3,34-35H2,1-2H3,(H2,36,40,41)/b25-15-. The number of rotatable bonds is 9. The van der Waals surface area contributed by atoms with Crippen LogP contribution >= 0.6 is 0 Å². The number of hydrogen-bond donors (Lipinski definition) is 3. The van der Waals surface area contributed by atoms with E-state index < -0.39 is 40.2 Å². The average Bonchev–Trinajstić information content (AvgIpc) is 3.35. The smallest absolute Gasteiger partial charge is 0.406 e. The zero-order valence-corrected chi connectivity index (χ0v) is 23.6. The maximum atomic E-state index is 14.5. The van der Waals surface area contributed by atoms with E-state index in [2.05, 4.69) is 9.72 Å². The molecule has 0 atom stereocenters. The lowest BCUT2D eigenvalue weighted by Gasteiger charge is -2.26.